The monoisotopic (exact) mass is 252 g/mol. The number of rotatable bonds is 2. The molecule has 2 rings (SSSR count). The fraction of sp³-hybridized carbons (Fsp3) is 0.0909. The molecule has 0 fully saturated rings. The van der Waals surface area contributed by atoms with Crippen molar-refractivity contribution in [3.8, 4) is 0 Å². The summed E-state index contributed by atoms with van der Waals surface area (Å²) in [6, 6.07) is 3.55. The highest BCUT2D eigenvalue weighted by atomic mass is 35.5. The second-order valence-corrected chi connectivity index (χ2v) is 4.46. The maximum Gasteiger partial charge on any atom is 0.256 e. The van der Waals surface area contributed by atoms with Crippen molar-refractivity contribution in [2.75, 3.05) is 5.32 Å². The second kappa shape index (κ2) is 4.63. The summed E-state index contributed by atoms with van der Waals surface area (Å²) in [4.78, 5) is 15.7. The van der Waals surface area contributed by atoms with E-state index >= 15 is 0 Å². The van der Waals surface area contributed by atoms with Crippen molar-refractivity contribution < 1.29 is 4.79 Å². The zero-order valence-electron chi connectivity index (χ0n) is 8.53. The Kier molecular flexibility index (Phi) is 3.22. The van der Waals surface area contributed by atoms with Crippen LogP contribution in [0.15, 0.2) is 29.1 Å². The molecule has 0 saturated carbocycles. The Morgan fingerprint density at radius 2 is 2.38 bits per heavy atom. The fourth-order valence-electron chi connectivity index (χ4n) is 1.23. The van der Waals surface area contributed by atoms with Gasteiger partial charge in [0, 0.05) is 11.6 Å². The Hall–Kier alpha value is -1.39. The molecule has 0 radical (unpaired) electrons. The molecular weight excluding hydrogens is 244 g/mol. The Morgan fingerprint density at radius 1 is 1.56 bits per heavy atom. The molecule has 0 spiro atoms. The Balaban J connectivity index is 2.21. The molecule has 3 nitrogen and oxygen atoms in total. The average Bonchev–Trinajstić information content (AvgIpc) is 2.76. The lowest BCUT2D eigenvalue weighted by atomic mass is 10.2. The Morgan fingerprint density at radius 3 is 3.06 bits per heavy atom. The first-order valence-electron chi connectivity index (χ1n) is 4.62. The summed E-state index contributed by atoms with van der Waals surface area (Å²) in [5, 5.41) is 6.66. The van der Waals surface area contributed by atoms with Gasteiger partial charge in [-0.3, -0.25) is 4.79 Å². The molecule has 0 aliphatic rings. The van der Waals surface area contributed by atoms with Crippen molar-refractivity contribution >= 4 is 34.5 Å². The molecule has 0 unspecified atom stereocenters. The van der Waals surface area contributed by atoms with Gasteiger partial charge >= 0.3 is 0 Å². The van der Waals surface area contributed by atoms with E-state index in [0.717, 1.165) is 5.56 Å². The molecule has 2 aromatic rings. The van der Waals surface area contributed by atoms with Crippen LogP contribution in [0, 0.1) is 6.92 Å². The summed E-state index contributed by atoms with van der Waals surface area (Å²) < 4.78 is 0. The number of aromatic nitrogens is 1. The van der Waals surface area contributed by atoms with Gasteiger partial charge < -0.3 is 5.32 Å². The highest BCUT2D eigenvalue weighted by Gasteiger charge is 2.09. The number of pyridine rings is 1. The van der Waals surface area contributed by atoms with Gasteiger partial charge in [0.2, 0.25) is 0 Å². The summed E-state index contributed by atoms with van der Waals surface area (Å²) in [7, 11) is 0. The molecule has 82 valence electrons. The topological polar surface area (TPSA) is 42.0 Å². The maximum absolute atomic E-state index is 11.7. The molecule has 0 aromatic carbocycles. The third-order valence-electron chi connectivity index (χ3n) is 2.01. The number of hydrogen-bond acceptors (Lipinski definition) is 3. The molecule has 0 saturated heterocycles. The van der Waals surface area contributed by atoms with E-state index in [0.29, 0.717) is 16.4 Å². The molecule has 1 amide bonds. The van der Waals surface area contributed by atoms with E-state index in [9.17, 15) is 4.79 Å². The van der Waals surface area contributed by atoms with Gasteiger partial charge in [0.05, 0.1) is 11.3 Å². The summed E-state index contributed by atoms with van der Waals surface area (Å²) >= 11 is 7.35. The third-order valence-corrected chi connectivity index (χ3v) is 2.99. The first-order chi connectivity index (χ1) is 7.66. The van der Waals surface area contributed by atoms with E-state index in [-0.39, 0.29) is 5.91 Å². The summed E-state index contributed by atoms with van der Waals surface area (Å²) in [5.74, 6) is -0.171. The van der Waals surface area contributed by atoms with E-state index < -0.39 is 0 Å². The molecule has 16 heavy (non-hydrogen) atoms. The van der Waals surface area contributed by atoms with E-state index in [1.807, 2.05) is 12.3 Å². The molecular formula is C11H9ClN2OS. The second-order valence-electron chi connectivity index (χ2n) is 3.32. The van der Waals surface area contributed by atoms with Crippen LogP contribution in [0.3, 0.4) is 0 Å². The van der Waals surface area contributed by atoms with Crippen LogP contribution >= 0.6 is 22.9 Å². The molecule has 2 heterocycles. The van der Waals surface area contributed by atoms with E-state index in [1.54, 1.807) is 23.7 Å². The summed E-state index contributed by atoms with van der Waals surface area (Å²) in [6.45, 7) is 1.89. The van der Waals surface area contributed by atoms with Gasteiger partial charge in [-0.2, -0.15) is 11.3 Å². The minimum absolute atomic E-state index is 0.171. The number of nitrogens with one attached hydrogen (secondary N) is 1. The van der Waals surface area contributed by atoms with Crippen LogP contribution in [-0.2, 0) is 0 Å². The van der Waals surface area contributed by atoms with E-state index in [2.05, 4.69) is 10.3 Å². The number of aryl methyl sites for hydroxylation is 1. The summed E-state index contributed by atoms with van der Waals surface area (Å²) in [5.41, 5.74) is 2.12. The highest BCUT2D eigenvalue weighted by Crippen LogP contribution is 2.20. The van der Waals surface area contributed by atoms with Gasteiger partial charge in [0.1, 0.15) is 0 Å². The standard InChI is InChI=1S/C11H9ClN2OS/c1-7-4-9(10(12)13-5-7)14-11(15)8-2-3-16-6-8/h2-6H,1H3,(H,14,15). The summed E-state index contributed by atoms with van der Waals surface area (Å²) in [6.07, 6.45) is 1.66. The molecule has 0 aliphatic carbocycles. The van der Waals surface area contributed by atoms with Crippen molar-refractivity contribution in [1.82, 2.24) is 4.98 Å². The van der Waals surface area contributed by atoms with Gasteiger partial charge in [-0.25, -0.2) is 4.98 Å². The molecule has 0 aliphatic heterocycles. The van der Waals surface area contributed by atoms with Crippen LogP contribution in [0.1, 0.15) is 15.9 Å². The SMILES string of the molecule is Cc1cnc(Cl)c(NC(=O)c2ccsc2)c1. The minimum atomic E-state index is -0.171. The lowest BCUT2D eigenvalue weighted by Crippen LogP contribution is -2.11. The highest BCUT2D eigenvalue weighted by molar-refractivity contribution is 7.08. The van der Waals surface area contributed by atoms with Crippen LogP contribution in [0.2, 0.25) is 5.15 Å². The normalized spacial score (nSPS) is 10.1. The number of nitrogens with zero attached hydrogens (tertiary/aromatic N) is 1. The van der Waals surface area contributed by atoms with Gasteiger partial charge in [0.25, 0.3) is 5.91 Å². The predicted molar refractivity (Wildman–Crippen MR) is 66.3 cm³/mol. The van der Waals surface area contributed by atoms with Crippen molar-refractivity contribution in [3.63, 3.8) is 0 Å². The average molecular weight is 253 g/mol. The van der Waals surface area contributed by atoms with E-state index in [1.165, 1.54) is 11.3 Å². The Labute approximate surface area is 102 Å². The lowest BCUT2D eigenvalue weighted by Gasteiger charge is -2.06. The first-order valence-corrected chi connectivity index (χ1v) is 5.94. The zero-order valence-corrected chi connectivity index (χ0v) is 10.1. The molecule has 0 bridgehead atoms. The van der Waals surface area contributed by atoms with Crippen molar-refractivity contribution in [2.24, 2.45) is 0 Å². The molecule has 0 atom stereocenters. The maximum atomic E-state index is 11.7. The smallest absolute Gasteiger partial charge is 0.256 e. The third kappa shape index (κ3) is 2.40. The van der Waals surface area contributed by atoms with Crippen LogP contribution < -0.4 is 5.32 Å². The number of carbonyl (C=O) groups is 1. The lowest BCUT2D eigenvalue weighted by molar-refractivity contribution is 0.102. The quantitative estimate of drug-likeness (QED) is 0.833. The molecule has 2 aromatic heterocycles. The number of hydrogen-bond donors (Lipinski definition) is 1. The zero-order chi connectivity index (χ0) is 11.5. The fourth-order valence-corrected chi connectivity index (χ4v) is 2.01. The minimum Gasteiger partial charge on any atom is -0.319 e. The van der Waals surface area contributed by atoms with E-state index in [4.69, 9.17) is 11.6 Å². The van der Waals surface area contributed by atoms with Crippen molar-refractivity contribution in [3.05, 3.63) is 45.4 Å². The van der Waals surface area contributed by atoms with Crippen LogP contribution in [0.4, 0.5) is 5.69 Å². The van der Waals surface area contributed by atoms with Crippen LogP contribution in [0.25, 0.3) is 0 Å². The molecule has 1 N–H and O–H groups in total. The predicted octanol–water partition coefficient (Wildman–Crippen LogP) is 3.36. The largest absolute Gasteiger partial charge is 0.319 e. The first kappa shape index (κ1) is 11.1. The van der Waals surface area contributed by atoms with Gasteiger partial charge in [0.15, 0.2) is 5.15 Å². The number of anilines is 1. The molecule has 5 heteroatoms. The van der Waals surface area contributed by atoms with Crippen molar-refractivity contribution in [2.45, 2.75) is 6.92 Å². The van der Waals surface area contributed by atoms with Crippen molar-refractivity contribution in [1.29, 1.82) is 0 Å². The van der Waals surface area contributed by atoms with Crippen LogP contribution in [0.5, 0.6) is 0 Å². The number of halogens is 1. The Bertz CT molecular complexity index is 511. The number of carbonyl (C=O) groups excluding carboxylic acids is 1. The van der Waals surface area contributed by atoms with Gasteiger partial charge in [-0.05, 0) is 30.0 Å². The van der Waals surface area contributed by atoms with Gasteiger partial charge in [-0.1, -0.05) is 11.6 Å². The number of amides is 1. The van der Waals surface area contributed by atoms with Crippen LogP contribution in [-0.4, -0.2) is 10.9 Å². The van der Waals surface area contributed by atoms with Gasteiger partial charge in [-0.15, -0.1) is 0 Å². The number of thiophene rings is 1.